The number of carboxylic acid groups (broad SMARTS) is 1. The van der Waals surface area contributed by atoms with Crippen LogP contribution in [0.5, 0.6) is 0 Å². The molecule has 114 valence electrons. The molecule has 22 heavy (non-hydrogen) atoms. The van der Waals surface area contributed by atoms with Crippen LogP contribution in [0.15, 0.2) is 18.2 Å². The average molecular weight is 302 g/mol. The van der Waals surface area contributed by atoms with E-state index in [1.54, 1.807) is 18.2 Å². The molecular formula is C15H14N2O5. The molecule has 0 aromatic heterocycles. The van der Waals surface area contributed by atoms with Gasteiger partial charge in [-0.3, -0.25) is 24.5 Å². The zero-order valence-corrected chi connectivity index (χ0v) is 11.7. The van der Waals surface area contributed by atoms with Gasteiger partial charge in [-0.15, -0.1) is 0 Å². The molecule has 3 amide bonds. The molecule has 0 aliphatic carbocycles. The predicted octanol–water partition coefficient (Wildman–Crippen LogP) is 0.247. The zero-order chi connectivity index (χ0) is 15.9. The van der Waals surface area contributed by atoms with Crippen molar-refractivity contribution in [3.8, 4) is 0 Å². The smallest absolute Gasteiger partial charge is 0.323 e. The van der Waals surface area contributed by atoms with Gasteiger partial charge in [0.2, 0.25) is 11.8 Å². The Kier molecular flexibility index (Phi) is 3.40. The zero-order valence-electron chi connectivity index (χ0n) is 11.7. The SMILES string of the molecule is O=C(O)CN1Cc2c(cccc2C2CCC(=O)NC2=O)C1=O. The van der Waals surface area contributed by atoms with Crippen molar-refractivity contribution in [2.45, 2.75) is 25.3 Å². The first-order valence-corrected chi connectivity index (χ1v) is 6.94. The van der Waals surface area contributed by atoms with Gasteiger partial charge in [0, 0.05) is 18.5 Å². The summed E-state index contributed by atoms with van der Waals surface area (Å²) in [5.74, 6) is -2.56. The molecular weight excluding hydrogens is 288 g/mol. The number of aliphatic carboxylic acids is 1. The minimum Gasteiger partial charge on any atom is -0.480 e. The van der Waals surface area contributed by atoms with Crippen LogP contribution in [0.3, 0.4) is 0 Å². The number of carbonyl (C=O) groups is 4. The quantitative estimate of drug-likeness (QED) is 0.779. The van der Waals surface area contributed by atoms with Crippen molar-refractivity contribution in [3.63, 3.8) is 0 Å². The Balaban J connectivity index is 1.94. The number of carboxylic acids is 1. The van der Waals surface area contributed by atoms with Crippen molar-refractivity contribution in [2.24, 2.45) is 0 Å². The third kappa shape index (κ3) is 2.34. The van der Waals surface area contributed by atoms with E-state index in [0.717, 1.165) is 0 Å². The highest BCUT2D eigenvalue weighted by molar-refractivity contribution is 6.03. The molecule has 1 aromatic rings. The lowest BCUT2D eigenvalue weighted by atomic mass is 9.86. The maximum Gasteiger partial charge on any atom is 0.323 e. The Hall–Kier alpha value is -2.70. The number of piperidine rings is 1. The summed E-state index contributed by atoms with van der Waals surface area (Å²) in [5.41, 5.74) is 1.82. The van der Waals surface area contributed by atoms with Crippen LogP contribution >= 0.6 is 0 Å². The number of nitrogens with zero attached hydrogens (tertiary/aromatic N) is 1. The van der Waals surface area contributed by atoms with E-state index in [0.29, 0.717) is 23.1 Å². The summed E-state index contributed by atoms with van der Waals surface area (Å²) in [6, 6.07) is 5.07. The molecule has 1 unspecified atom stereocenters. The van der Waals surface area contributed by atoms with E-state index >= 15 is 0 Å². The summed E-state index contributed by atoms with van der Waals surface area (Å²) in [6.45, 7) is -0.198. The molecule has 1 aromatic carbocycles. The van der Waals surface area contributed by atoms with Gasteiger partial charge in [0.15, 0.2) is 0 Å². The first-order chi connectivity index (χ1) is 10.5. The number of fused-ring (bicyclic) bond motifs is 1. The highest BCUT2D eigenvalue weighted by Gasteiger charge is 2.35. The number of hydrogen-bond donors (Lipinski definition) is 2. The highest BCUT2D eigenvalue weighted by atomic mass is 16.4. The largest absolute Gasteiger partial charge is 0.480 e. The highest BCUT2D eigenvalue weighted by Crippen LogP contribution is 2.33. The van der Waals surface area contributed by atoms with Gasteiger partial charge in [-0.2, -0.15) is 0 Å². The molecule has 7 nitrogen and oxygen atoms in total. The average Bonchev–Trinajstić information content (AvgIpc) is 2.76. The van der Waals surface area contributed by atoms with Crippen LogP contribution in [0.2, 0.25) is 0 Å². The molecule has 2 heterocycles. The van der Waals surface area contributed by atoms with Gasteiger partial charge in [-0.25, -0.2) is 0 Å². The van der Waals surface area contributed by atoms with Crippen LogP contribution in [0.4, 0.5) is 0 Å². The summed E-state index contributed by atoms with van der Waals surface area (Å²) in [4.78, 5) is 47.5. The molecule has 0 spiro atoms. The van der Waals surface area contributed by atoms with Crippen molar-refractivity contribution in [3.05, 3.63) is 34.9 Å². The maximum absolute atomic E-state index is 12.2. The van der Waals surface area contributed by atoms with Crippen molar-refractivity contribution in [1.82, 2.24) is 10.2 Å². The molecule has 2 N–H and O–H groups in total. The van der Waals surface area contributed by atoms with Crippen molar-refractivity contribution in [1.29, 1.82) is 0 Å². The molecule has 3 rings (SSSR count). The Bertz CT molecular complexity index is 697. The Morgan fingerprint density at radius 3 is 2.77 bits per heavy atom. The van der Waals surface area contributed by atoms with E-state index < -0.39 is 11.9 Å². The van der Waals surface area contributed by atoms with E-state index in [1.807, 2.05) is 0 Å². The summed E-state index contributed by atoms with van der Waals surface area (Å²) in [6.07, 6.45) is 0.654. The van der Waals surface area contributed by atoms with Crippen LogP contribution in [-0.4, -0.2) is 40.2 Å². The summed E-state index contributed by atoms with van der Waals surface area (Å²) >= 11 is 0. The number of rotatable bonds is 3. The van der Waals surface area contributed by atoms with Crippen LogP contribution in [0.1, 0.15) is 40.2 Å². The van der Waals surface area contributed by atoms with E-state index in [4.69, 9.17) is 5.11 Å². The van der Waals surface area contributed by atoms with Gasteiger partial charge in [0.1, 0.15) is 6.54 Å². The molecule has 1 atom stereocenters. The first-order valence-electron chi connectivity index (χ1n) is 6.94. The number of carbonyl (C=O) groups excluding carboxylic acids is 3. The first kappa shape index (κ1) is 14.2. The second-order valence-electron chi connectivity index (χ2n) is 5.43. The molecule has 0 radical (unpaired) electrons. The van der Waals surface area contributed by atoms with Crippen molar-refractivity contribution in [2.75, 3.05) is 6.54 Å². The lowest BCUT2D eigenvalue weighted by Crippen LogP contribution is -2.39. The van der Waals surface area contributed by atoms with Crippen molar-refractivity contribution >= 4 is 23.7 Å². The van der Waals surface area contributed by atoms with Crippen LogP contribution in [0.25, 0.3) is 0 Å². The molecule has 0 saturated carbocycles. The Morgan fingerprint density at radius 1 is 1.32 bits per heavy atom. The fraction of sp³-hybridized carbons (Fsp3) is 0.333. The van der Waals surface area contributed by atoms with E-state index in [1.165, 1.54) is 4.90 Å². The molecule has 7 heteroatoms. The third-order valence-electron chi connectivity index (χ3n) is 4.02. The monoisotopic (exact) mass is 302 g/mol. The second kappa shape index (κ2) is 5.25. The molecule has 2 aliphatic rings. The van der Waals surface area contributed by atoms with Crippen LogP contribution in [0, 0.1) is 0 Å². The van der Waals surface area contributed by atoms with Gasteiger partial charge in [0.25, 0.3) is 5.91 Å². The van der Waals surface area contributed by atoms with E-state index in [2.05, 4.69) is 5.32 Å². The third-order valence-corrected chi connectivity index (χ3v) is 4.02. The fourth-order valence-corrected chi connectivity index (χ4v) is 3.02. The lowest BCUT2D eigenvalue weighted by Gasteiger charge is -2.23. The number of hydrogen-bond acceptors (Lipinski definition) is 4. The molecule has 1 saturated heterocycles. The summed E-state index contributed by atoms with van der Waals surface area (Å²) < 4.78 is 0. The standard InChI is InChI=1S/C15H14N2O5/c18-12-5-4-9(14(21)16-12)8-2-1-3-10-11(8)6-17(15(10)22)7-13(19)20/h1-3,9H,4-7H2,(H,19,20)(H,16,18,21). The minimum atomic E-state index is -1.08. The number of nitrogens with one attached hydrogen (secondary N) is 1. The topological polar surface area (TPSA) is 104 Å². The Morgan fingerprint density at radius 2 is 2.09 bits per heavy atom. The normalized spacial score (nSPS) is 20.8. The Labute approximate surface area is 125 Å². The molecule has 2 aliphatic heterocycles. The van der Waals surface area contributed by atoms with Gasteiger partial charge in [-0.1, -0.05) is 12.1 Å². The summed E-state index contributed by atoms with van der Waals surface area (Å²) in [7, 11) is 0. The fourth-order valence-electron chi connectivity index (χ4n) is 3.02. The van der Waals surface area contributed by atoms with Gasteiger partial charge >= 0.3 is 5.97 Å². The molecule has 1 fully saturated rings. The predicted molar refractivity (Wildman–Crippen MR) is 73.9 cm³/mol. The number of amides is 3. The van der Waals surface area contributed by atoms with Gasteiger partial charge < -0.3 is 10.0 Å². The van der Waals surface area contributed by atoms with E-state index in [-0.39, 0.29) is 37.2 Å². The lowest BCUT2D eigenvalue weighted by molar-refractivity contribution is -0.138. The van der Waals surface area contributed by atoms with Gasteiger partial charge in [0.05, 0.1) is 5.92 Å². The van der Waals surface area contributed by atoms with E-state index in [9.17, 15) is 19.2 Å². The minimum absolute atomic E-state index is 0.175. The summed E-state index contributed by atoms with van der Waals surface area (Å²) in [5, 5.41) is 11.2. The number of imide groups is 1. The van der Waals surface area contributed by atoms with Crippen molar-refractivity contribution < 1.29 is 24.3 Å². The maximum atomic E-state index is 12.2. The second-order valence-corrected chi connectivity index (χ2v) is 5.43. The molecule has 0 bridgehead atoms. The van der Waals surface area contributed by atoms with Gasteiger partial charge in [-0.05, 0) is 23.6 Å². The van der Waals surface area contributed by atoms with Crippen LogP contribution < -0.4 is 5.32 Å². The number of benzene rings is 1. The van der Waals surface area contributed by atoms with Crippen LogP contribution in [-0.2, 0) is 20.9 Å².